The monoisotopic (exact) mass is 302 g/mol. The van der Waals surface area contributed by atoms with Crippen LogP contribution in [0.4, 0.5) is 0 Å². The Kier molecular flexibility index (Phi) is 5.48. The molecule has 0 aromatic heterocycles. The molecule has 0 saturated carbocycles. The van der Waals surface area contributed by atoms with Crippen LogP contribution in [0.5, 0.6) is 5.75 Å². The number of hydrogen-bond donors (Lipinski definition) is 0. The predicted molar refractivity (Wildman–Crippen MR) is 67.8 cm³/mol. The van der Waals surface area contributed by atoms with Crippen molar-refractivity contribution in [1.29, 1.82) is 0 Å². The number of benzene rings is 1. The summed E-state index contributed by atoms with van der Waals surface area (Å²) in [6, 6.07) is 6.70. The van der Waals surface area contributed by atoms with Crippen molar-refractivity contribution in [3.8, 4) is 5.75 Å². The third kappa shape index (κ3) is 4.56. The van der Waals surface area contributed by atoms with Crippen LogP contribution in [0, 0.1) is 0 Å². The molecule has 90 valence electrons. The average Bonchev–Trinajstić information content (AvgIpc) is 2.19. The fraction of sp³-hybridized carbons (Fsp3) is 0.400. The van der Waals surface area contributed by atoms with Crippen LogP contribution >= 0.6 is 46.4 Å². The number of hydrogen-bond acceptors (Lipinski definition) is 2. The molecule has 0 aliphatic heterocycles. The van der Waals surface area contributed by atoms with E-state index < -0.39 is 10.1 Å². The highest BCUT2D eigenvalue weighted by Crippen LogP contribution is 2.33. The lowest BCUT2D eigenvalue weighted by atomic mass is 10.3. The molecule has 0 N–H and O–H groups in total. The van der Waals surface area contributed by atoms with Crippen molar-refractivity contribution < 1.29 is 9.47 Å². The van der Waals surface area contributed by atoms with Gasteiger partial charge in [0.2, 0.25) is 6.29 Å². The average molecular weight is 304 g/mol. The van der Waals surface area contributed by atoms with Crippen LogP contribution in [0.1, 0.15) is 6.92 Å². The van der Waals surface area contributed by atoms with E-state index in [1.165, 1.54) is 0 Å². The molecule has 1 aromatic carbocycles. The molecule has 0 bridgehead atoms. The Morgan fingerprint density at radius 3 is 2.19 bits per heavy atom. The standard InChI is InChI=1S/C10H10Cl4O2/c1-2-15-9(10(12,13)14)16-8-5-3-7(11)4-6-8/h3-6,9H,2H2,1H3. The first-order chi connectivity index (χ1) is 7.43. The van der Waals surface area contributed by atoms with Crippen LogP contribution in [0.25, 0.3) is 0 Å². The number of rotatable bonds is 4. The van der Waals surface area contributed by atoms with E-state index in [4.69, 9.17) is 55.9 Å². The van der Waals surface area contributed by atoms with Gasteiger partial charge in [-0.1, -0.05) is 46.4 Å². The summed E-state index contributed by atoms with van der Waals surface area (Å²) in [5, 5.41) is 0.606. The molecular formula is C10H10Cl4O2. The first-order valence-corrected chi connectivity index (χ1v) is 6.05. The first-order valence-electron chi connectivity index (χ1n) is 4.54. The lowest BCUT2D eigenvalue weighted by molar-refractivity contribution is -0.0718. The van der Waals surface area contributed by atoms with Crippen molar-refractivity contribution in [3.05, 3.63) is 29.3 Å². The summed E-state index contributed by atoms with van der Waals surface area (Å²) >= 11 is 22.9. The summed E-state index contributed by atoms with van der Waals surface area (Å²) in [6.45, 7) is 2.17. The van der Waals surface area contributed by atoms with E-state index in [0.717, 1.165) is 0 Å². The van der Waals surface area contributed by atoms with Crippen molar-refractivity contribution in [3.63, 3.8) is 0 Å². The van der Waals surface area contributed by atoms with Crippen LogP contribution in [-0.4, -0.2) is 16.7 Å². The highest BCUT2D eigenvalue weighted by Gasteiger charge is 2.35. The van der Waals surface area contributed by atoms with Gasteiger partial charge >= 0.3 is 0 Å². The first kappa shape index (κ1) is 14.2. The van der Waals surface area contributed by atoms with Gasteiger partial charge in [0, 0.05) is 11.6 Å². The third-order valence-corrected chi connectivity index (χ3v) is 2.43. The van der Waals surface area contributed by atoms with E-state index in [-0.39, 0.29) is 0 Å². The highest BCUT2D eigenvalue weighted by molar-refractivity contribution is 6.67. The van der Waals surface area contributed by atoms with Crippen molar-refractivity contribution in [2.45, 2.75) is 17.0 Å². The maximum atomic E-state index is 5.73. The Labute approximate surface area is 114 Å². The van der Waals surface area contributed by atoms with Crippen LogP contribution in [-0.2, 0) is 4.74 Å². The minimum absolute atomic E-state index is 0.381. The Hall–Kier alpha value is 0.140. The molecule has 2 nitrogen and oxygen atoms in total. The number of halogens is 4. The summed E-state index contributed by atoms with van der Waals surface area (Å²) in [6.07, 6.45) is -0.955. The zero-order chi connectivity index (χ0) is 12.2. The van der Waals surface area contributed by atoms with Gasteiger partial charge in [-0.15, -0.1) is 0 Å². The Morgan fingerprint density at radius 1 is 1.19 bits per heavy atom. The number of ether oxygens (including phenoxy) is 2. The Morgan fingerprint density at radius 2 is 1.75 bits per heavy atom. The molecule has 0 fully saturated rings. The zero-order valence-corrected chi connectivity index (χ0v) is 11.4. The molecule has 1 aromatic rings. The minimum Gasteiger partial charge on any atom is -0.460 e. The minimum atomic E-state index is -1.64. The van der Waals surface area contributed by atoms with Gasteiger partial charge in [-0.3, -0.25) is 0 Å². The maximum Gasteiger partial charge on any atom is 0.252 e. The molecular weight excluding hydrogens is 294 g/mol. The van der Waals surface area contributed by atoms with Gasteiger partial charge in [-0.05, 0) is 31.2 Å². The van der Waals surface area contributed by atoms with Gasteiger partial charge in [-0.25, -0.2) is 0 Å². The molecule has 0 aliphatic rings. The Balaban J connectivity index is 2.72. The summed E-state index contributed by atoms with van der Waals surface area (Å²) in [5.41, 5.74) is 0. The second kappa shape index (κ2) is 6.18. The molecule has 0 aliphatic carbocycles. The van der Waals surface area contributed by atoms with Crippen molar-refractivity contribution >= 4 is 46.4 Å². The fourth-order valence-electron chi connectivity index (χ4n) is 0.983. The van der Waals surface area contributed by atoms with Crippen molar-refractivity contribution in [1.82, 2.24) is 0 Å². The second-order valence-electron chi connectivity index (χ2n) is 2.90. The highest BCUT2D eigenvalue weighted by atomic mass is 35.6. The molecule has 0 heterocycles. The van der Waals surface area contributed by atoms with E-state index in [9.17, 15) is 0 Å². The van der Waals surface area contributed by atoms with Crippen LogP contribution in [0.3, 0.4) is 0 Å². The van der Waals surface area contributed by atoms with Gasteiger partial charge in [0.05, 0.1) is 0 Å². The molecule has 0 radical (unpaired) electrons. The normalized spacial score (nSPS) is 13.6. The van der Waals surface area contributed by atoms with E-state index in [2.05, 4.69) is 0 Å². The Bertz CT molecular complexity index is 321. The quantitative estimate of drug-likeness (QED) is 0.604. The molecule has 0 spiro atoms. The second-order valence-corrected chi connectivity index (χ2v) is 5.71. The third-order valence-electron chi connectivity index (χ3n) is 1.64. The van der Waals surface area contributed by atoms with Crippen LogP contribution < -0.4 is 4.74 Å². The van der Waals surface area contributed by atoms with Crippen LogP contribution in [0.15, 0.2) is 24.3 Å². The largest absolute Gasteiger partial charge is 0.460 e. The molecule has 16 heavy (non-hydrogen) atoms. The predicted octanol–water partition coefficient (Wildman–Crippen LogP) is 4.45. The summed E-state index contributed by atoms with van der Waals surface area (Å²) < 4.78 is 8.94. The maximum absolute atomic E-state index is 5.73. The van der Waals surface area contributed by atoms with Gasteiger partial charge in [0.15, 0.2) is 0 Å². The molecule has 1 unspecified atom stereocenters. The lowest BCUT2D eigenvalue weighted by Crippen LogP contribution is -2.34. The summed E-state index contributed by atoms with van der Waals surface area (Å²) in [4.78, 5) is 0. The van der Waals surface area contributed by atoms with Gasteiger partial charge in [0.25, 0.3) is 3.79 Å². The smallest absolute Gasteiger partial charge is 0.252 e. The topological polar surface area (TPSA) is 18.5 Å². The number of alkyl halides is 3. The van der Waals surface area contributed by atoms with Gasteiger partial charge in [-0.2, -0.15) is 0 Å². The lowest BCUT2D eigenvalue weighted by Gasteiger charge is -2.24. The summed E-state index contributed by atoms with van der Waals surface area (Å²) in [5.74, 6) is 0.522. The zero-order valence-electron chi connectivity index (χ0n) is 8.42. The molecule has 0 saturated heterocycles. The van der Waals surface area contributed by atoms with Crippen LogP contribution in [0.2, 0.25) is 5.02 Å². The fourth-order valence-corrected chi connectivity index (χ4v) is 1.43. The van der Waals surface area contributed by atoms with Gasteiger partial charge in [0.1, 0.15) is 5.75 Å². The van der Waals surface area contributed by atoms with E-state index in [1.54, 1.807) is 31.2 Å². The molecule has 1 atom stereocenters. The van der Waals surface area contributed by atoms with Crippen molar-refractivity contribution in [2.24, 2.45) is 0 Å². The van der Waals surface area contributed by atoms with Gasteiger partial charge < -0.3 is 9.47 Å². The summed E-state index contributed by atoms with van der Waals surface area (Å²) in [7, 11) is 0. The molecule has 0 amide bonds. The van der Waals surface area contributed by atoms with E-state index in [0.29, 0.717) is 17.4 Å². The SMILES string of the molecule is CCOC(Oc1ccc(Cl)cc1)C(Cl)(Cl)Cl. The molecule has 6 heteroatoms. The van der Waals surface area contributed by atoms with E-state index >= 15 is 0 Å². The van der Waals surface area contributed by atoms with Crippen molar-refractivity contribution in [2.75, 3.05) is 6.61 Å². The van der Waals surface area contributed by atoms with E-state index in [1.807, 2.05) is 0 Å². The molecule has 1 rings (SSSR count).